The van der Waals surface area contributed by atoms with Gasteiger partial charge in [-0.05, 0) is 64.2 Å². The Morgan fingerprint density at radius 2 is 1.52 bits per heavy atom. The molecule has 2 fully saturated rings. The van der Waals surface area contributed by atoms with Gasteiger partial charge in [-0.3, -0.25) is 24.1 Å². The van der Waals surface area contributed by atoms with Crippen LogP contribution in [0.1, 0.15) is 40.3 Å². The predicted octanol–water partition coefficient (Wildman–Crippen LogP) is 7.63. The van der Waals surface area contributed by atoms with Gasteiger partial charge in [0.2, 0.25) is 11.8 Å². The van der Waals surface area contributed by atoms with Gasteiger partial charge in [0, 0.05) is 27.8 Å². The number of imide groups is 1. The van der Waals surface area contributed by atoms with Gasteiger partial charge in [0.15, 0.2) is 11.6 Å². The van der Waals surface area contributed by atoms with E-state index in [1.807, 2.05) is 115 Å². The third-order valence-electron chi connectivity index (χ3n) is 11.6. The second kappa shape index (κ2) is 11.6. The number of fused-ring (bicyclic) bond motifs is 5. The molecule has 0 spiro atoms. The predicted molar refractivity (Wildman–Crippen MR) is 192 cm³/mol. The fraction of sp³-hybridized carbons (Fsp3) is 0.209. The van der Waals surface area contributed by atoms with E-state index < -0.39 is 35.0 Å². The van der Waals surface area contributed by atoms with Crippen molar-refractivity contribution in [2.75, 3.05) is 0 Å². The molecular weight excluding hydrogens is 643 g/mol. The highest BCUT2D eigenvalue weighted by atomic mass is 32.1. The zero-order valence-electron chi connectivity index (χ0n) is 27.1. The van der Waals surface area contributed by atoms with Crippen molar-refractivity contribution in [2.45, 2.75) is 30.7 Å². The number of phenols is 1. The van der Waals surface area contributed by atoms with Gasteiger partial charge in [-0.25, -0.2) is 0 Å². The summed E-state index contributed by atoms with van der Waals surface area (Å²) >= 11 is 1.51. The number of likely N-dealkylation sites (tertiary alicyclic amines) is 1. The summed E-state index contributed by atoms with van der Waals surface area (Å²) in [5.74, 6) is -4.14. The lowest BCUT2D eigenvalue weighted by Gasteiger charge is -2.55. The highest BCUT2D eigenvalue weighted by Crippen LogP contribution is 2.65. The average molecular weight is 676 g/mol. The summed E-state index contributed by atoms with van der Waals surface area (Å²) in [5, 5.41) is 15.5. The van der Waals surface area contributed by atoms with E-state index in [1.54, 1.807) is 6.07 Å². The van der Waals surface area contributed by atoms with Gasteiger partial charge < -0.3 is 5.11 Å². The Labute approximate surface area is 293 Å². The monoisotopic (exact) mass is 675 g/mol. The Morgan fingerprint density at radius 1 is 0.780 bits per heavy atom. The molecule has 1 aliphatic heterocycles. The van der Waals surface area contributed by atoms with Crippen molar-refractivity contribution in [2.24, 2.45) is 23.7 Å². The lowest BCUT2D eigenvalue weighted by molar-refractivity contribution is -0.141. The van der Waals surface area contributed by atoms with Gasteiger partial charge in [0.05, 0.1) is 23.8 Å². The average Bonchev–Trinajstić information content (AvgIpc) is 3.76. The van der Waals surface area contributed by atoms with Crippen LogP contribution >= 0.6 is 11.3 Å². The molecule has 0 radical (unpaired) electrons. The number of carbonyl (C=O) groups is 4. The molecule has 2 amide bonds. The van der Waals surface area contributed by atoms with E-state index in [4.69, 9.17) is 0 Å². The minimum Gasteiger partial charge on any atom is -0.508 e. The van der Waals surface area contributed by atoms with Gasteiger partial charge in [-0.1, -0.05) is 109 Å². The van der Waals surface area contributed by atoms with Crippen LogP contribution < -0.4 is 0 Å². The highest BCUT2D eigenvalue weighted by Gasteiger charge is 2.66. The summed E-state index contributed by atoms with van der Waals surface area (Å²) in [5.41, 5.74) is 1.70. The fourth-order valence-electron chi connectivity index (χ4n) is 9.56. The number of ketones is 2. The van der Waals surface area contributed by atoms with E-state index in [9.17, 15) is 14.7 Å². The summed E-state index contributed by atoms with van der Waals surface area (Å²) in [7, 11) is 0. The van der Waals surface area contributed by atoms with Crippen LogP contribution in [0.4, 0.5) is 0 Å². The number of aromatic hydroxyl groups is 1. The Hall–Kier alpha value is -5.40. The number of nitrogens with zero attached hydrogens (tertiary/aromatic N) is 1. The maximum Gasteiger partial charge on any atom is 0.234 e. The van der Waals surface area contributed by atoms with Crippen molar-refractivity contribution in [3.8, 4) is 5.75 Å². The van der Waals surface area contributed by atoms with Crippen LogP contribution in [0.15, 0.2) is 132 Å². The molecule has 0 unspecified atom stereocenters. The molecule has 3 aliphatic carbocycles. The topological polar surface area (TPSA) is 91.8 Å². The number of thiophene rings is 1. The zero-order chi connectivity index (χ0) is 34.1. The van der Waals surface area contributed by atoms with Crippen molar-refractivity contribution >= 4 is 51.1 Å². The summed E-state index contributed by atoms with van der Waals surface area (Å²) in [6.45, 7) is 0.216. The van der Waals surface area contributed by atoms with Gasteiger partial charge in [0.25, 0.3) is 0 Å². The molecule has 7 heteroatoms. The second-order valence-electron chi connectivity index (χ2n) is 13.8. The van der Waals surface area contributed by atoms with Crippen molar-refractivity contribution in [1.82, 2.24) is 4.90 Å². The fourth-order valence-corrected chi connectivity index (χ4v) is 10.2. The number of rotatable bonds is 5. The Kier molecular flexibility index (Phi) is 7.11. The van der Waals surface area contributed by atoms with Crippen molar-refractivity contribution in [3.05, 3.63) is 154 Å². The molecule has 1 N–H and O–H groups in total. The third-order valence-corrected chi connectivity index (χ3v) is 12.5. The minimum absolute atomic E-state index is 0.0256. The quantitative estimate of drug-likeness (QED) is 0.153. The smallest absolute Gasteiger partial charge is 0.234 e. The van der Waals surface area contributed by atoms with Crippen LogP contribution in [-0.4, -0.2) is 33.4 Å². The van der Waals surface area contributed by atoms with E-state index in [0.29, 0.717) is 28.7 Å². The molecule has 1 saturated carbocycles. The Bertz CT molecular complexity index is 2270. The van der Waals surface area contributed by atoms with Crippen molar-refractivity contribution < 1.29 is 24.3 Å². The number of allylic oxidation sites excluding steroid dienone is 4. The number of hydrogen-bond acceptors (Lipinski definition) is 6. The zero-order valence-corrected chi connectivity index (χ0v) is 27.9. The van der Waals surface area contributed by atoms with Gasteiger partial charge in [0.1, 0.15) is 5.75 Å². The first-order valence-corrected chi connectivity index (χ1v) is 18.0. The SMILES string of the molecule is O=C1C(c2ccccc2)=CC(=O)[C@@]2(c3ccccc3)[C@@H](c3c(O)ccc4ccccc34)C3=CC[C@@H]4C(=O)N(Cc5cccs5)C(=O)[C@@H]4[C@@H]3C[C@@H]12. The normalized spacial score (nSPS) is 27.4. The molecular formula is C43H33NO5S. The van der Waals surface area contributed by atoms with Crippen LogP contribution in [0.25, 0.3) is 16.3 Å². The molecule has 0 bridgehead atoms. The lowest BCUT2D eigenvalue weighted by atomic mass is 9.44. The van der Waals surface area contributed by atoms with E-state index in [2.05, 4.69) is 0 Å². The van der Waals surface area contributed by atoms with Crippen LogP contribution in [0, 0.1) is 23.7 Å². The highest BCUT2D eigenvalue weighted by molar-refractivity contribution is 7.09. The van der Waals surface area contributed by atoms with Gasteiger partial charge >= 0.3 is 0 Å². The summed E-state index contributed by atoms with van der Waals surface area (Å²) < 4.78 is 0. The van der Waals surface area contributed by atoms with Crippen LogP contribution in [0.3, 0.4) is 0 Å². The first-order valence-electron chi connectivity index (χ1n) is 17.1. The number of amides is 2. The number of hydrogen-bond donors (Lipinski definition) is 1. The molecule has 246 valence electrons. The van der Waals surface area contributed by atoms with Crippen LogP contribution in [-0.2, 0) is 31.1 Å². The lowest BCUT2D eigenvalue weighted by Crippen LogP contribution is -2.58. The maximum atomic E-state index is 15.3. The van der Waals surface area contributed by atoms with E-state index in [-0.39, 0.29) is 42.1 Å². The first kappa shape index (κ1) is 30.6. The van der Waals surface area contributed by atoms with E-state index >= 15 is 9.59 Å². The van der Waals surface area contributed by atoms with Crippen molar-refractivity contribution in [1.29, 1.82) is 0 Å². The number of carbonyl (C=O) groups excluding carboxylic acids is 4. The summed E-state index contributed by atoms with van der Waals surface area (Å²) in [4.78, 5) is 61.2. The number of Topliss-reactive ketones (excluding diaryl/α,β-unsaturated/α-hetero) is 1. The second-order valence-corrected chi connectivity index (χ2v) is 14.9. The molecule has 50 heavy (non-hydrogen) atoms. The number of benzene rings is 4. The Balaban J connectivity index is 1.31. The molecule has 2 heterocycles. The van der Waals surface area contributed by atoms with Gasteiger partial charge in [-0.15, -0.1) is 11.3 Å². The minimum atomic E-state index is -1.41. The summed E-state index contributed by atoms with van der Waals surface area (Å²) in [6, 6.07) is 33.8. The molecule has 4 aromatic carbocycles. The molecule has 1 saturated heterocycles. The van der Waals surface area contributed by atoms with Crippen LogP contribution in [0.2, 0.25) is 0 Å². The third kappa shape index (κ3) is 4.32. The Morgan fingerprint density at radius 3 is 2.28 bits per heavy atom. The van der Waals surface area contributed by atoms with Gasteiger partial charge in [-0.2, -0.15) is 0 Å². The molecule has 6 atom stereocenters. The van der Waals surface area contributed by atoms with Crippen LogP contribution in [0.5, 0.6) is 5.75 Å². The maximum absolute atomic E-state index is 15.3. The molecule has 6 nitrogen and oxygen atoms in total. The molecule has 5 aromatic rings. The number of phenolic OH excluding ortho intramolecular Hbond substituents is 1. The summed E-state index contributed by atoms with van der Waals surface area (Å²) in [6.07, 6.45) is 4.12. The molecule has 9 rings (SSSR count). The van der Waals surface area contributed by atoms with E-state index in [0.717, 1.165) is 21.2 Å². The largest absolute Gasteiger partial charge is 0.508 e. The molecule has 4 aliphatic rings. The standard InChI is InChI=1S/C43H33NO5S/c45-35-20-17-26-12-7-8-16-29(26)38(35)39-30-18-19-31-37(42(49)44(41(31)48)24-28-15-9-21-50-28)33(30)22-34-40(47)32(25-10-3-1-4-11-25)23-36(46)43(34,39)27-13-5-2-6-14-27/h1-18,20-21,23,31,33-34,37,39,45H,19,22,24H2/t31-,33+,34-,37-,39+,43-/m0/s1. The van der Waals surface area contributed by atoms with E-state index in [1.165, 1.54) is 22.3 Å². The first-order chi connectivity index (χ1) is 24.4. The van der Waals surface area contributed by atoms with Crippen molar-refractivity contribution in [3.63, 3.8) is 0 Å². The molecule has 1 aromatic heterocycles.